The molecule has 4 aliphatic heterocycles. The number of carbonyl (C=O) groups excluding carboxylic acids is 2. The smallest absolute Gasteiger partial charge is 0.255 e. The van der Waals surface area contributed by atoms with Crippen LogP contribution in [0.1, 0.15) is 46.5 Å². The van der Waals surface area contributed by atoms with E-state index in [1.54, 1.807) is 12.1 Å². The predicted molar refractivity (Wildman–Crippen MR) is 149 cm³/mol. The SMILES string of the molecule is CC1(C)CCOc2c(C(=O)N[C@H]3CN4C(=N)N[C@@H](CNC(=O)c5ccc(F)cc5)[C@@H]5NC(=N)N[C@@]54C3(O)O)cccc21. The Hall–Kier alpha value is -4.43. The van der Waals surface area contributed by atoms with E-state index in [1.165, 1.54) is 17.0 Å². The highest BCUT2D eigenvalue weighted by Crippen LogP contribution is 2.44. The average molecular weight is 581 g/mol. The van der Waals surface area contributed by atoms with E-state index >= 15 is 0 Å². The molecule has 0 saturated carbocycles. The first-order valence-electron chi connectivity index (χ1n) is 13.7. The van der Waals surface area contributed by atoms with E-state index in [-0.39, 0.29) is 41.6 Å². The number of fused-ring (bicyclic) bond motifs is 1. The molecule has 0 radical (unpaired) electrons. The van der Waals surface area contributed by atoms with Gasteiger partial charge in [0.15, 0.2) is 17.6 Å². The van der Waals surface area contributed by atoms with E-state index in [0.717, 1.165) is 24.1 Å². The molecule has 6 rings (SSSR count). The Kier molecular flexibility index (Phi) is 6.31. The van der Waals surface area contributed by atoms with E-state index in [0.29, 0.717) is 12.4 Å². The van der Waals surface area contributed by atoms with Crippen molar-refractivity contribution in [2.24, 2.45) is 0 Å². The van der Waals surface area contributed by atoms with E-state index in [1.807, 2.05) is 6.07 Å². The molecule has 0 aliphatic carbocycles. The van der Waals surface area contributed by atoms with Crippen molar-refractivity contribution in [1.82, 2.24) is 31.5 Å². The lowest BCUT2D eigenvalue weighted by Gasteiger charge is -2.51. The molecule has 2 aromatic rings. The molecule has 2 amide bonds. The van der Waals surface area contributed by atoms with Crippen LogP contribution in [0.25, 0.3) is 0 Å². The molecule has 13 nitrogen and oxygen atoms in total. The number of benzene rings is 2. The largest absolute Gasteiger partial charge is 0.492 e. The highest BCUT2D eigenvalue weighted by atomic mass is 19.1. The number of carbonyl (C=O) groups is 2. The van der Waals surface area contributed by atoms with Gasteiger partial charge >= 0.3 is 0 Å². The van der Waals surface area contributed by atoms with Crippen LogP contribution in [0, 0.1) is 16.6 Å². The van der Waals surface area contributed by atoms with Gasteiger partial charge in [0.2, 0.25) is 5.79 Å². The standard InChI is InChI=1S/C28H33FN8O5/c1-26(2)10-11-42-20-16(4-3-5-17(20)26)23(39)34-19-13-37-25(31)33-18(12-32-22(38)14-6-8-15(29)9-7-14)21-27(37,28(19,40)41)36-24(30)35-21/h3-9,18-19,21,40-41H,10-13H2,1-2H3,(H2,31,33)(H,32,38)(H,34,39)(H3,30,35,36)/t18-,19-,21-,27-/m0/s1. The maximum absolute atomic E-state index is 13.6. The molecule has 0 unspecified atom stereocenters. The molecule has 4 aliphatic rings. The molecular weight excluding hydrogens is 547 g/mol. The zero-order chi connectivity index (χ0) is 30.0. The summed E-state index contributed by atoms with van der Waals surface area (Å²) in [4.78, 5) is 27.6. The first-order valence-corrected chi connectivity index (χ1v) is 13.7. The molecule has 9 N–H and O–H groups in total. The monoisotopic (exact) mass is 580 g/mol. The number of hydrogen-bond donors (Lipinski definition) is 9. The lowest BCUT2D eigenvalue weighted by Crippen LogP contribution is -2.81. The Bertz CT molecular complexity index is 1480. The lowest BCUT2D eigenvalue weighted by atomic mass is 9.79. The Morgan fingerprint density at radius 1 is 1.12 bits per heavy atom. The van der Waals surface area contributed by atoms with Crippen molar-refractivity contribution in [2.45, 2.75) is 55.3 Å². The van der Waals surface area contributed by atoms with E-state index in [9.17, 15) is 24.2 Å². The fraction of sp³-hybridized carbons (Fsp3) is 0.429. The molecule has 0 bridgehead atoms. The van der Waals surface area contributed by atoms with E-state index in [2.05, 4.69) is 40.4 Å². The number of para-hydroxylation sites is 1. The highest BCUT2D eigenvalue weighted by molar-refractivity contribution is 5.98. The molecule has 14 heteroatoms. The number of guanidine groups is 2. The van der Waals surface area contributed by atoms with Crippen molar-refractivity contribution >= 4 is 23.7 Å². The van der Waals surface area contributed by atoms with Crippen LogP contribution in [0.5, 0.6) is 5.75 Å². The molecule has 1 spiro atoms. The minimum absolute atomic E-state index is 0.0722. The predicted octanol–water partition coefficient (Wildman–Crippen LogP) is -0.490. The van der Waals surface area contributed by atoms with Gasteiger partial charge in [-0.3, -0.25) is 20.4 Å². The quantitative estimate of drug-likeness (QED) is 0.210. The number of ether oxygens (including phenoxy) is 1. The molecule has 222 valence electrons. The molecule has 3 fully saturated rings. The van der Waals surface area contributed by atoms with Gasteiger partial charge in [-0.05, 0) is 42.2 Å². The van der Waals surface area contributed by atoms with Gasteiger partial charge in [0.25, 0.3) is 11.8 Å². The fourth-order valence-corrected chi connectivity index (χ4v) is 6.44. The van der Waals surface area contributed by atoms with Gasteiger partial charge in [-0.2, -0.15) is 0 Å². The maximum Gasteiger partial charge on any atom is 0.255 e. The molecule has 42 heavy (non-hydrogen) atoms. The molecular formula is C28H33FN8O5. The second kappa shape index (κ2) is 9.56. The molecule has 3 saturated heterocycles. The summed E-state index contributed by atoms with van der Waals surface area (Å²) in [7, 11) is 0. The third-order valence-corrected chi connectivity index (χ3v) is 8.75. The Morgan fingerprint density at radius 2 is 1.86 bits per heavy atom. The van der Waals surface area contributed by atoms with Crippen LogP contribution in [-0.2, 0) is 5.41 Å². The van der Waals surface area contributed by atoms with Gasteiger partial charge in [0.1, 0.15) is 17.6 Å². The number of nitrogens with one attached hydrogen (secondary N) is 7. The summed E-state index contributed by atoms with van der Waals surface area (Å²) >= 11 is 0. The van der Waals surface area contributed by atoms with Crippen molar-refractivity contribution in [3.05, 3.63) is 65.0 Å². The van der Waals surface area contributed by atoms with Gasteiger partial charge in [0.05, 0.1) is 24.3 Å². The fourth-order valence-electron chi connectivity index (χ4n) is 6.44. The number of halogens is 1. The summed E-state index contributed by atoms with van der Waals surface area (Å²) in [6.07, 6.45) is 0.786. The topological polar surface area (TPSA) is 195 Å². The van der Waals surface area contributed by atoms with Crippen LogP contribution in [0.4, 0.5) is 4.39 Å². The van der Waals surface area contributed by atoms with Crippen LogP contribution < -0.4 is 31.3 Å². The third-order valence-electron chi connectivity index (χ3n) is 8.75. The summed E-state index contributed by atoms with van der Waals surface area (Å²) in [5, 5.41) is 54.4. The van der Waals surface area contributed by atoms with Gasteiger partial charge < -0.3 is 46.4 Å². The number of nitrogens with zero attached hydrogens (tertiary/aromatic N) is 1. The van der Waals surface area contributed by atoms with Crippen molar-refractivity contribution < 1.29 is 28.9 Å². The van der Waals surface area contributed by atoms with E-state index < -0.39 is 47.2 Å². The minimum atomic E-state index is -2.67. The van der Waals surface area contributed by atoms with Crippen LogP contribution in [0.15, 0.2) is 42.5 Å². The van der Waals surface area contributed by atoms with Gasteiger partial charge in [-0.25, -0.2) is 4.39 Å². The number of rotatable bonds is 5. The van der Waals surface area contributed by atoms with Crippen molar-refractivity contribution in [2.75, 3.05) is 19.7 Å². The van der Waals surface area contributed by atoms with Gasteiger partial charge in [-0.1, -0.05) is 26.0 Å². The second-order valence-corrected chi connectivity index (χ2v) is 11.7. The molecule has 4 atom stereocenters. The molecule has 4 heterocycles. The summed E-state index contributed by atoms with van der Waals surface area (Å²) in [5.41, 5.74) is -0.667. The lowest BCUT2D eigenvalue weighted by molar-refractivity contribution is -0.232. The van der Waals surface area contributed by atoms with Crippen molar-refractivity contribution in [3.8, 4) is 5.75 Å². The number of aliphatic hydroxyl groups is 2. The first-order chi connectivity index (χ1) is 19.8. The number of amides is 2. The Morgan fingerprint density at radius 3 is 2.60 bits per heavy atom. The van der Waals surface area contributed by atoms with E-state index in [4.69, 9.17) is 15.6 Å². The Labute approximate surface area is 240 Å². The normalized spacial score (nSPS) is 28.2. The zero-order valence-electron chi connectivity index (χ0n) is 23.0. The van der Waals surface area contributed by atoms with Crippen molar-refractivity contribution in [1.29, 1.82) is 10.8 Å². The minimum Gasteiger partial charge on any atom is -0.492 e. The molecule has 0 aromatic heterocycles. The summed E-state index contributed by atoms with van der Waals surface area (Å²) in [5.74, 6) is -4.18. The van der Waals surface area contributed by atoms with Gasteiger partial charge in [0, 0.05) is 24.2 Å². The first kappa shape index (κ1) is 27.7. The van der Waals surface area contributed by atoms with Gasteiger partial charge in [-0.15, -0.1) is 0 Å². The zero-order valence-corrected chi connectivity index (χ0v) is 23.0. The van der Waals surface area contributed by atoms with Crippen LogP contribution in [-0.4, -0.2) is 88.1 Å². The second-order valence-electron chi connectivity index (χ2n) is 11.7. The summed E-state index contributed by atoms with van der Waals surface area (Å²) in [6.45, 7) is 4.34. The van der Waals surface area contributed by atoms with Crippen LogP contribution >= 0.6 is 0 Å². The molecule has 2 aromatic carbocycles. The summed E-state index contributed by atoms with van der Waals surface area (Å²) < 4.78 is 19.2. The summed E-state index contributed by atoms with van der Waals surface area (Å²) in [6, 6.07) is 7.29. The third kappa shape index (κ3) is 4.12. The van der Waals surface area contributed by atoms with Crippen LogP contribution in [0.2, 0.25) is 0 Å². The number of hydrogen-bond acceptors (Lipinski definition) is 7. The van der Waals surface area contributed by atoms with Crippen molar-refractivity contribution in [3.63, 3.8) is 0 Å². The maximum atomic E-state index is 13.6. The highest BCUT2D eigenvalue weighted by Gasteiger charge is 2.74. The van der Waals surface area contributed by atoms with Crippen LogP contribution in [0.3, 0.4) is 0 Å². The average Bonchev–Trinajstić information content (AvgIpc) is 3.41. The Balaban J connectivity index is 1.25.